The van der Waals surface area contributed by atoms with Crippen molar-refractivity contribution in [2.45, 2.75) is 84.5 Å². The van der Waals surface area contributed by atoms with Crippen LogP contribution in [0, 0.1) is 0 Å². The Hall–Kier alpha value is 0.940. The molecule has 0 rings (SSSR count). The van der Waals surface area contributed by atoms with Crippen LogP contribution in [0.5, 0.6) is 0 Å². The van der Waals surface area contributed by atoms with Crippen LogP contribution < -0.4 is 0 Å². The predicted octanol–water partition coefficient (Wildman–Crippen LogP) is 3.79. The van der Waals surface area contributed by atoms with Crippen molar-refractivity contribution in [2.24, 2.45) is 0 Å². The van der Waals surface area contributed by atoms with Gasteiger partial charge in [-0.1, -0.05) is 0 Å². The molecule has 0 aliphatic carbocycles. The Morgan fingerprint density at radius 1 is 0.842 bits per heavy atom. The van der Waals surface area contributed by atoms with Gasteiger partial charge in [-0.3, -0.25) is 0 Å². The van der Waals surface area contributed by atoms with Crippen LogP contribution in [0.15, 0.2) is 0 Å². The fourth-order valence-corrected chi connectivity index (χ4v) is 19.1. The molecule has 0 bridgehead atoms. The molecule has 0 aliphatic heterocycles. The van der Waals surface area contributed by atoms with Crippen molar-refractivity contribution in [1.82, 2.24) is 0 Å². The van der Waals surface area contributed by atoms with E-state index in [4.69, 9.17) is 5.32 Å². The zero-order chi connectivity index (χ0) is 15.6. The van der Waals surface area contributed by atoms with Gasteiger partial charge < -0.3 is 0 Å². The fourth-order valence-electron chi connectivity index (χ4n) is 3.00. The van der Waals surface area contributed by atoms with Crippen molar-refractivity contribution >= 4 is 8.32 Å². The van der Waals surface area contributed by atoms with E-state index in [1.807, 2.05) is 20.8 Å². The van der Waals surface area contributed by atoms with Crippen molar-refractivity contribution < 1.29 is 33.7 Å². The number of hydrogen-bond acceptors (Lipinski definition) is 4. The molecule has 0 unspecified atom stereocenters. The molecule has 0 aliphatic rings. The average molecular weight is 372 g/mol. The van der Waals surface area contributed by atoms with Gasteiger partial charge in [-0.15, -0.1) is 0 Å². The second kappa shape index (κ2) is 6.80. The Morgan fingerprint density at radius 2 is 1.16 bits per heavy atom. The van der Waals surface area contributed by atoms with Gasteiger partial charge >= 0.3 is 127 Å². The molecular weight excluding hydrogens is 339 g/mol. The van der Waals surface area contributed by atoms with Crippen LogP contribution in [0.4, 0.5) is 0 Å². The molecule has 4 nitrogen and oxygen atoms in total. The Balaban J connectivity index is 5.33. The average Bonchev–Trinajstić information content (AvgIpc) is 2.08. The van der Waals surface area contributed by atoms with Gasteiger partial charge in [0.05, 0.1) is 0 Å². The molecule has 0 fully saturated rings. The van der Waals surface area contributed by atoms with Crippen LogP contribution in [-0.4, -0.2) is 20.3 Å². The van der Waals surface area contributed by atoms with E-state index >= 15 is 0 Å². The standard InChI is InChI=1S/C9H21OSi.C4H9O.2H2O.Zr/c1-7(2)11(10,8(3)4)9(5)6;1-4(2,3)5;;;/h7-9H,1-6H3;1-3H3;2*1H2;/q2*-1;;;+4/p-2. The van der Waals surface area contributed by atoms with Gasteiger partial charge in [0.2, 0.25) is 0 Å². The summed E-state index contributed by atoms with van der Waals surface area (Å²) < 4.78 is 32.1. The molecule has 6 heteroatoms. The van der Waals surface area contributed by atoms with Gasteiger partial charge in [-0.25, -0.2) is 0 Å². The Kier molecular flexibility index (Phi) is 7.14. The summed E-state index contributed by atoms with van der Waals surface area (Å²) in [6.07, 6.45) is 0. The van der Waals surface area contributed by atoms with Crippen molar-refractivity contribution in [2.75, 3.05) is 0 Å². The normalized spacial score (nSPS) is 14.8. The molecular formula is C13H32O4SiZr. The molecule has 0 saturated heterocycles. The third-order valence-electron chi connectivity index (χ3n) is 3.46. The number of hydrogen-bond donors (Lipinski definition) is 2. The van der Waals surface area contributed by atoms with Crippen molar-refractivity contribution in [1.29, 1.82) is 0 Å². The van der Waals surface area contributed by atoms with Crippen LogP contribution in [0.3, 0.4) is 0 Å². The molecule has 0 saturated carbocycles. The van der Waals surface area contributed by atoms with Gasteiger partial charge in [0, 0.05) is 0 Å². The summed E-state index contributed by atoms with van der Waals surface area (Å²) in [6, 6.07) is 0. The van der Waals surface area contributed by atoms with E-state index in [-0.39, 0.29) is 0 Å². The van der Waals surface area contributed by atoms with Crippen molar-refractivity contribution in [3.63, 3.8) is 0 Å². The molecule has 0 heterocycles. The topological polar surface area (TPSA) is 58.9 Å². The maximum absolute atomic E-state index is 10.3. The van der Waals surface area contributed by atoms with E-state index in [1.165, 1.54) is 0 Å². The Bertz CT molecular complexity index is 263. The summed E-state index contributed by atoms with van der Waals surface area (Å²) in [6.45, 7) is 18.1. The van der Waals surface area contributed by atoms with Crippen LogP contribution in [0.1, 0.15) is 62.3 Å². The summed E-state index contributed by atoms with van der Waals surface area (Å²) in [4.78, 5) is 0. The second-order valence-electron chi connectivity index (χ2n) is 7.18. The maximum atomic E-state index is 10.3. The Labute approximate surface area is 126 Å². The van der Waals surface area contributed by atoms with Gasteiger partial charge in [-0.2, -0.15) is 0 Å². The second-order valence-corrected chi connectivity index (χ2v) is 17.3. The molecule has 2 N–H and O–H groups in total. The monoisotopic (exact) mass is 370 g/mol. The van der Waals surface area contributed by atoms with E-state index in [2.05, 4.69) is 41.5 Å². The molecule has 0 aromatic carbocycles. The van der Waals surface area contributed by atoms with Crippen LogP contribution in [0.25, 0.3) is 0 Å². The molecule has 0 atom stereocenters. The summed E-state index contributed by atoms with van der Waals surface area (Å²) in [5.74, 6) is 0. The van der Waals surface area contributed by atoms with E-state index < -0.39 is 35.9 Å². The first-order valence-corrected chi connectivity index (χ1v) is 13.4. The molecule has 0 radical (unpaired) electrons. The SMILES string of the molecule is CC(C)[Si]([O][Zr]([OH])([OH])[O]C(C)(C)C)(C(C)C)C(C)C. The first kappa shape index (κ1) is 19.9. The van der Waals surface area contributed by atoms with E-state index in [0.717, 1.165) is 0 Å². The third kappa shape index (κ3) is 5.68. The zero-order valence-electron chi connectivity index (χ0n) is 13.9. The van der Waals surface area contributed by atoms with Gasteiger partial charge in [-0.05, 0) is 0 Å². The van der Waals surface area contributed by atoms with Crippen molar-refractivity contribution in [3.05, 3.63) is 0 Å². The summed E-state index contributed by atoms with van der Waals surface area (Å²) >= 11 is -4.91. The van der Waals surface area contributed by atoms with Crippen LogP contribution >= 0.6 is 0 Å². The molecule has 0 amide bonds. The van der Waals surface area contributed by atoms with Gasteiger partial charge in [0.1, 0.15) is 0 Å². The Morgan fingerprint density at radius 3 is 1.37 bits per heavy atom. The van der Waals surface area contributed by atoms with E-state index in [0.29, 0.717) is 16.6 Å². The predicted molar refractivity (Wildman–Crippen MR) is 77.4 cm³/mol. The molecule has 116 valence electrons. The van der Waals surface area contributed by atoms with Gasteiger partial charge in [0.15, 0.2) is 0 Å². The minimum atomic E-state index is -4.91. The molecule has 0 aromatic heterocycles. The van der Waals surface area contributed by atoms with E-state index in [9.17, 15) is 6.37 Å². The molecule has 0 spiro atoms. The van der Waals surface area contributed by atoms with E-state index in [1.54, 1.807) is 0 Å². The zero-order valence-corrected chi connectivity index (χ0v) is 17.4. The quantitative estimate of drug-likeness (QED) is 0.697. The molecule has 0 aromatic rings. The van der Waals surface area contributed by atoms with Crippen LogP contribution in [-0.2, 0) is 27.3 Å². The first-order chi connectivity index (χ1) is 8.24. The van der Waals surface area contributed by atoms with Gasteiger partial charge in [0.25, 0.3) is 0 Å². The first-order valence-electron chi connectivity index (χ1n) is 7.09. The number of rotatable bonds is 6. The molecule has 19 heavy (non-hydrogen) atoms. The summed E-state index contributed by atoms with van der Waals surface area (Å²) in [7, 11) is -2.29. The third-order valence-corrected chi connectivity index (χ3v) is 16.2. The fraction of sp³-hybridized carbons (Fsp3) is 1.00. The minimum absolute atomic E-state index is 0.312. The summed E-state index contributed by atoms with van der Waals surface area (Å²) in [5.41, 5.74) is 0.342. The van der Waals surface area contributed by atoms with Crippen molar-refractivity contribution in [3.8, 4) is 0 Å². The van der Waals surface area contributed by atoms with Crippen LogP contribution in [0.2, 0.25) is 16.6 Å². The summed E-state index contributed by atoms with van der Waals surface area (Å²) in [5, 5.41) is 0.